The molecule has 4 nitrogen and oxygen atoms in total. The lowest BCUT2D eigenvalue weighted by Crippen LogP contribution is -2.29. The van der Waals surface area contributed by atoms with Crippen LogP contribution in [0.15, 0.2) is 42.6 Å². The van der Waals surface area contributed by atoms with Gasteiger partial charge in [-0.1, -0.05) is 41.4 Å². The van der Waals surface area contributed by atoms with Crippen molar-refractivity contribution in [1.82, 2.24) is 18.9 Å². The minimum atomic E-state index is -4.88. The predicted molar refractivity (Wildman–Crippen MR) is 130 cm³/mol. The van der Waals surface area contributed by atoms with Crippen LogP contribution < -0.4 is 0 Å². The average Bonchev–Trinajstić information content (AvgIpc) is 3.27. The summed E-state index contributed by atoms with van der Waals surface area (Å²) in [5.74, 6) is -0.720. The maximum atomic E-state index is 14.1. The van der Waals surface area contributed by atoms with Gasteiger partial charge >= 0.3 is 12.4 Å². The topological polar surface area (TPSA) is 25.5 Å². The third kappa shape index (κ3) is 5.99. The molecule has 0 radical (unpaired) electrons. The number of rotatable bonds is 7. The number of halogens is 8. The number of fused-ring (bicyclic) bond motifs is 1. The van der Waals surface area contributed by atoms with E-state index < -0.39 is 43.4 Å². The lowest BCUT2D eigenvalue weighted by molar-refractivity contribution is -0.143. The summed E-state index contributed by atoms with van der Waals surface area (Å²) in [6.45, 7) is 4.15. The zero-order valence-electron chi connectivity index (χ0n) is 20.7. The molecule has 0 N–H and O–H groups in total. The molecule has 2 aromatic carbocycles. The van der Waals surface area contributed by atoms with Crippen molar-refractivity contribution in [2.24, 2.45) is 0 Å². The summed E-state index contributed by atoms with van der Waals surface area (Å²) in [6, 6.07) is 8.91. The molecule has 0 fully saturated rings. The first-order valence-electron chi connectivity index (χ1n) is 11.6. The maximum Gasteiger partial charge on any atom is 0.435 e. The third-order valence-corrected chi connectivity index (χ3v) is 6.41. The van der Waals surface area contributed by atoms with Gasteiger partial charge in [0.25, 0.3) is 0 Å². The minimum Gasteiger partial charge on any atom is -0.293 e. The van der Waals surface area contributed by atoms with Gasteiger partial charge in [-0.15, -0.1) is 0 Å². The van der Waals surface area contributed by atoms with Gasteiger partial charge < -0.3 is 0 Å². The van der Waals surface area contributed by atoms with Gasteiger partial charge in [-0.05, 0) is 49.6 Å². The van der Waals surface area contributed by atoms with Gasteiger partial charge in [-0.25, -0.2) is 9.37 Å². The van der Waals surface area contributed by atoms with Crippen molar-refractivity contribution in [2.75, 3.05) is 6.54 Å². The van der Waals surface area contributed by atoms with Crippen LogP contribution in [0.3, 0.4) is 0 Å². The van der Waals surface area contributed by atoms with Crippen LogP contribution >= 0.6 is 11.6 Å². The van der Waals surface area contributed by atoms with Crippen molar-refractivity contribution < 1.29 is 30.7 Å². The van der Waals surface area contributed by atoms with Crippen molar-refractivity contribution in [3.8, 4) is 5.69 Å². The molecular formula is C26H24ClF7N4. The summed E-state index contributed by atoms with van der Waals surface area (Å²) in [4.78, 5) is 5.07. The van der Waals surface area contributed by atoms with Crippen LogP contribution in [0.1, 0.15) is 40.1 Å². The van der Waals surface area contributed by atoms with E-state index in [0.29, 0.717) is 11.3 Å². The standard InChI is InChI=1S/C26H24ClF7N4/c1-15-9-16(2)22(17(3)10-15)38-21(27)14-37-20(23(26(32,33)34)35-24(37)38)13-36(8-7-25(29,30)31)12-18-5-4-6-19(28)11-18/h4-6,9-11,14H,7-8,12-13H2,1-3H3. The van der Waals surface area contributed by atoms with E-state index in [1.807, 2.05) is 19.1 Å². The molecule has 0 saturated heterocycles. The molecule has 0 atom stereocenters. The quantitative estimate of drug-likeness (QED) is 0.215. The fourth-order valence-electron chi connectivity index (χ4n) is 4.72. The zero-order chi connectivity index (χ0) is 28.0. The van der Waals surface area contributed by atoms with Crippen molar-refractivity contribution >= 4 is 17.4 Å². The first kappa shape index (κ1) is 28.0. The predicted octanol–water partition coefficient (Wildman–Crippen LogP) is 7.82. The average molecular weight is 561 g/mol. The fourth-order valence-corrected chi connectivity index (χ4v) is 4.98. The van der Waals surface area contributed by atoms with Gasteiger partial charge in [0.15, 0.2) is 5.69 Å². The molecule has 0 bridgehead atoms. The summed E-state index contributed by atoms with van der Waals surface area (Å²) < 4.78 is 97.9. The van der Waals surface area contributed by atoms with E-state index in [4.69, 9.17) is 11.6 Å². The minimum absolute atomic E-state index is 0.0875. The van der Waals surface area contributed by atoms with Gasteiger partial charge in [0.05, 0.1) is 17.8 Å². The number of imidazole rings is 2. The Bertz CT molecular complexity index is 1440. The van der Waals surface area contributed by atoms with Crippen LogP contribution in [0.5, 0.6) is 0 Å². The molecule has 0 saturated carbocycles. The molecule has 0 amide bonds. The molecule has 0 aliphatic rings. The number of benzene rings is 2. The van der Waals surface area contributed by atoms with E-state index >= 15 is 0 Å². The van der Waals surface area contributed by atoms with Gasteiger partial charge in [0.1, 0.15) is 11.0 Å². The van der Waals surface area contributed by atoms with Crippen molar-refractivity contribution in [3.63, 3.8) is 0 Å². The molecule has 12 heteroatoms. The third-order valence-electron chi connectivity index (χ3n) is 6.15. The number of aryl methyl sites for hydroxylation is 3. The lowest BCUT2D eigenvalue weighted by Gasteiger charge is -2.23. The van der Waals surface area contributed by atoms with Crippen LogP contribution in [-0.2, 0) is 19.3 Å². The second-order valence-electron chi connectivity index (χ2n) is 9.32. The highest BCUT2D eigenvalue weighted by Gasteiger charge is 2.40. The van der Waals surface area contributed by atoms with E-state index in [9.17, 15) is 30.7 Å². The first-order chi connectivity index (χ1) is 17.6. The largest absolute Gasteiger partial charge is 0.435 e. The second-order valence-corrected chi connectivity index (χ2v) is 9.70. The van der Waals surface area contributed by atoms with Crippen molar-refractivity contribution in [1.29, 1.82) is 0 Å². The molecule has 0 unspecified atom stereocenters. The number of alkyl halides is 6. The fraction of sp³-hybridized carbons (Fsp3) is 0.346. The van der Waals surface area contributed by atoms with Crippen LogP contribution in [0.25, 0.3) is 11.5 Å². The summed E-state index contributed by atoms with van der Waals surface area (Å²) in [7, 11) is 0. The highest BCUT2D eigenvalue weighted by atomic mass is 35.5. The van der Waals surface area contributed by atoms with Crippen LogP contribution in [0, 0.1) is 26.6 Å². The Kier molecular flexibility index (Phi) is 7.55. The van der Waals surface area contributed by atoms with E-state index in [1.165, 1.54) is 33.9 Å². The number of aromatic nitrogens is 3. The van der Waals surface area contributed by atoms with Gasteiger partial charge in [-0.3, -0.25) is 13.9 Å². The SMILES string of the molecule is Cc1cc(C)c(-n2c(Cl)cn3c(CN(CCC(F)(F)F)Cc4cccc(F)c4)c(C(F)(F)F)nc23)c(C)c1. The summed E-state index contributed by atoms with van der Waals surface area (Å²) >= 11 is 6.49. The second kappa shape index (κ2) is 10.3. The van der Waals surface area contributed by atoms with Crippen LogP contribution in [0.2, 0.25) is 5.15 Å². The Balaban J connectivity index is 1.84. The molecule has 38 heavy (non-hydrogen) atoms. The van der Waals surface area contributed by atoms with Crippen LogP contribution in [-0.4, -0.2) is 31.6 Å². The summed E-state index contributed by atoms with van der Waals surface area (Å²) in [5.41, 5.74) is 1.78. The highest BCUT2D eigenvalue weighted by molar-refractivity contribution is 6.30. The van der Waals surface area contributed by atoms with Crippen molar-refractivity contribution in [3.05, 3.63) is 87.2 Å². The van der Waals surface area contributed by atoms with Crippen molar-refractivity contribution in [2.45, 2.75) is 52.6 Å². The maximum absolute atomic E-state index is 14.1. The van der Waals surface area contributed by atoms with Crippen LogP contribution in [0.4, 0.5) is 30.7 Å². The Morgan fingerprint density at radius 3 is 2.18 bits per heavy atom. The number of hydrogen-bond acceptors (Lipinski definition) is 2. The lowest BCUT2D eigenvalue weighted by atomic mass is 10.1. The molecule has 4 aromatic rings. The Hall–Kier alpha value is -3.05. The van der Waals surface area contributed by atoms with E-state index in [0.717, 1.165) is 27.2 Å². The molecular weight excluding hydrogens is 537 g/mol. The zero-order valence-corrected chi connectivity index (χ0v) is 21.4. The molecule has 0 spiro atoms. The molecule has 204 valence electrons. The monoisotopic (exact) mass is 560 g/mol. The summed E-state index contributed by atoms with van der Waals surface area (Å²) in [5, 5.41) is 0.0875. The van der Waals surface area contributed by atoms with E-state index in [1.54, 1.807) is 13.8 Å². The smallest absolute Gasteiger partial charge is 0.293 e. The van der Waals surface area contributed by atoms with Gasteiger partial charge in [-0.2, -0.15) is 26.3 Å². The molecule has 0 aliphatic heterocycles. The Morgan fingerprint density at radius 2 is 1.61 bits per heavy atom. The molecule has 4 rings (SSSR count). The summed E-state index contributed by atoms with van der Waals surface area (Å²) in [6.07, 6.45) is -9.40. The van der Waals surface area contributed by atoms with Gasteiger partial charge in [0.2, 0.25) is 5.78 Å². The number of hydrogen-bond donors (Lipinski definition) is 0. The van der Waals surface area contributed by atoms with E-state index in [2.05, 4.69) is 4.98 Å². The van der Waals surface area contributed by atoms with Gasteiger partial charge in [0, 0.05) is 25.8 Å². The highest BCUT2D eigenvalue weighted by Crippen LogP contribution is 2.36. The molecule has 2 aromatic heterocycles. The number of nitrogens with zero attached hydrogens (tertiary/aromatic N) is 4. The van der Waals surface area contributed by atoms with E-state index in [-0.39, 0.29) is 23.2 Å². The molecule has 0 aliphatic carbocycles. The molecule has 2 heterocycles. The first-order valence-corrected chi connectivity index (χ1v) is 12.0. The Morgan fingerprint density at radius 1 is 0.947 bits per heavy atom. The Labute approximate surface area is 219 Å². The normalized spacial score (nSPS) is 12.7.